The molecule has 2 aromatic heterocycles. The summed E-state index contributed by atoms with van der Waals surface area (Å²) in [6.45, 7) is 1.47. The van der Waals surface area contributed by atoms with Crippen LogP contribution in [0.25, 0.3) is 0 Å². The van der Waals surface area contributed by atoms with Crippen molar-refractivity contribution in [2.75, 3.05) is 5.75 Å². The lowest BCUT2D eigenvalue weighted by Crippen LogP contribution is -2.08. The van der Waals surface area contributed by atoms with E-state index >= 15 is 0 Å². The molecular weight excluding hydrogens is 240 g/mol. The SMILES string of the molecule is O=C(O)CSc1nccn1CCn1cccn1. The number of aryl methyl sites for hydroxylation is 2. The van der Waals surface area contributed by atoms with Gasteiger partial charge in [-0.1, -0.05) is 11.8 Å². The zero-order valence-corrected chi connectivity index (χ0v) is 9.88. The standard InChI is InChI=1S/C10H12N4O2S/c15-9(16)8-17-10-11-3-5-13(10)6-7-14-4-1-2-12-14/h1-5H,6-8H2,(H,15,16). The third-order valence-corrected chi connectivity index (χ3v) is 3.12. The van der Waals surface area contributed by atoms with Crippen molar-refractivity contribution in [2.24, 2.45) is 0 Å². The van der Waals surface area contributed by atoms with Crippen molar-refractivity contribution in [3.63, 3.8) is 0 Å². The second-order valence-electron chi connectivity index (χ2n) is 3.35. The van der Waals surface area contributed by atoms with Crippen LogP contribution >= 0.6 is 11.8 Å². The first-order chi connectivity index (χ1) is 8.25. The molecular formula is C10H12N4O2S. The van der Waals surface area contributed by atoms with E-state index in [4.69, 9.17) is 5.11 Å². The fraction of sp³-hybridized carbons (Fsp3) is 0.300. The second-order valence-corrected chi connectivity index (χ2v) is 4.30. The monoisotopic (exact) mass is 252 g/mol. The van der Waals surface area contributed by atoms with Gasteiger partial charge in [0.15, 0.2) is 5.16 Å². The summed E-state index contributed by atoms with van der Waals surface area (Å²) in [6.07, 6.45) is 7.13. The van der Waals surface area contributed by atoms with Gasteiger partial charge >= 0.3 is 5.97 Å². The molecule has 2 heterocycles. The Morgan fingerprint density at radius 1 is 1.35 bits per heavy atom. The number of nitrogens with zero attached hydrogens (tertiary/aromatic N) is 4. The molecule has 17 heavy (non-hydrogen) atoms. The van der Waals surface area contributed by atoms with Gasteiger partial charge in [-0.05, 0) is 6.07 Å². The average molecular weight is 252 g/mol. The van der Waals surface area contributed by atoms with E-state index in [1.165, 1.54) is 11.8 Å². The molecule has 0 bridgehead atoms. The maximum Gasteiger partial charge on any atom is 0.313 e. The van der Waals surface area contributed by atoms with Gasteiger partial charge in [-0.15, -0.1) is 0 Å². The quantitative estimate of drug-likeness (QED) is 0.775. The number of rotatable bonds is 6. The molecule has 0 fully saturated rings. The number of carbonyl (C=O) groups is 1. The van der Waals surface area contributed by atoms with Crippen LogP contribution in [0.1, 0.15) is 0 Å². The van der Waals surface area contributed by atoms with Crippen molar-refractivity contribution in [3.8, 4) is 0 Å². The molecule has 0 aliphatic carbocycles. The zero-order chi connectivity index (χ0) is 12.1. The Morgan fingerprint density at radius 2 is 2.24 bits per heavy atom. The zero-order valence-electron chi connectivity index (χ0n) is 9.06. The third-order valence-electron chi connectivity index (χ3n) is 2.13. The number of imidazole rings is 1. The smallest absolute Gasteiger partial charge is 0.313 e. The normalized spacial score (nSPS) is 10.6. The lowest BCUT2D eigenvalue weighted by molar-refractivity contribution is -0.133. The lowest BCUT2D eigenvalue weighted by Gasteiger charge is -2.06. The van der Waals surface area contributed by atoms with Crippen LogP contribution in [0.15, 0.2) is 36.0 Å². The van der Waals surface area contributed by atoms with Gasteiger partial charge in [0.2, 0.25) is 0 Å². The van der Waals surface area contributed by atoms with Crippen molar-refractivity contribution in [2.45, 2.75) is 18.2 Å². The Labute approximate surface area is 102 Å². The van der Waals surface area contributed by atoms with Crippen LogP contribution in [0.3, 0.4) is 0 Å². The molecule has 90 valence electrons. The van der Waals surface area contributed by atoms with E-state index in [2.05, 4.69) is 10.1 Å². The Hall–Kier alpha value is -1.76. The maximum atomic E-state index is 10.5. The highest BCUT2D eigenvalue weighted by Gasteiger charge is 2.06. The number of hydrogen-bond donors (Lipinski definition) is 1. The van der Waals surface area contributed by atoms with Gasteiger partial charge in [-0.3, -0.25) is 9.48 Å². The third kappa shape index (κ3) is 3.35. The van der Waals surface area contributed by atoms with E-state index in [1.807, 2.05) is 27.7 Å². The summed E-state index contributed by atoms with van der Waals surface area (Å²) in [5.74, 6) is -0.810. The van der Waals surface area contributed by atoms with Gasteiger partial charge < -0.3 is 9.67 Å². The molecule has 0 amide bonds. The fourth-order valence-corrected chi connectivity index (χ4v) is 2.08. The summed E-state index contributed by atoms with van der Waals surface area (Å²) >= 11 is 1.22. The molecule has 0 aliphatic heterocycles. The van der Waals surface area contributed by atoms with Gasteiger partial charge in [0.1, 0.15) is 0 Å². The molecule has 1 N–H and O–H groups in total. The number of carboxylic acids is 1. The lowest BCUT2D eigenvalue weighted by atomic mass is 10.6. The van der Waals surface area contributed by atoms with Crippen LogP contribution in [0.2, 0.25) is 0 Å². The molecule has 2 aromatic rings. The van der Waals surface area contributed by atoms with Crippen molar-refractivity contribution in [1.82, 2.24) is 19.3 Å². The number of aromatic nitrogens is 4. The van der Waals surface area contributed by atoms with Crippen LogP contribution in [0.5, 0.6) is 0 Å². The van der Waals surface area contributed by atoms with E-state index in [0.29, 0.717) is 0 Å². The summed E-state index contributed by atoms with van der Waals surface area (Å²) in [7, 11) is 0. The van der Waals surface area contributed by atoms with Crippen molar-refractivity contribution >= 4 is 17.7 Å². The number of thioether (sulfide) groups is 1. The first-order valence-corrected chi connectivity index (χ1v) is 6.07. The van der Waals surface area contributed by atoms with Gasteiger partial charge in [-0.2, -0.15) is 5.10 Å². The highest BCUT2D eigenvalue weighted by Crippen LogP contribution is 2.15. The summed E-state index contributed by atoms with van der Waals surface area (Å²) in [4.78, 5) is 14.6. The summed E-state index contributed by atoms with van der Waals surface area (Å²) in [5.41, 5.74) is 0. The Balaban J connectivity index is 1.92. The maximum absolute atomic E-state index is 10.5. The molecule has 0 aromatic carbocycles. The van der Waals surface area contributed by atoms with E-state index in [1.54, 1.807) is 12.4 Å². The highest BCUT2D eigenvalue weighted by molar-refractivity contribution is 7.99. The first kappa shape index (κ1) is 11.7. The number of hydrogen-bond acceptors (Lipinski definition) is 4. The molecule has 0 spiro atoms. The van der Waals surface area contributed by atoms with E-state index in [-0.39, 0.29) is 5.75 Å². The number of aliphatic carboxylic acids is 1. The van der Waals surface area contributed by atoms with Crippen LogP contribution in [-0.4, -0.2) is 36.2 Å². The molecule has 6 nitrogen and oxygen atoms in total. The van der Waals surface area contributed by atoms with Crippen molar-refractivity contribution in [3.05, 3.63) is 30.9 Å². The average Bonchev–Trinajstić information content (AvgIpc) is 2.95. The van der Waals surface area contributed by atoms with Gasteiger partial charge in [0.25, 0.3) is 0 Å². The summed E-state index contributed by atoms with van der Waals surface area (Å²) < 4.78 is 3.75. The van der Waals surface area contributed by atoms with Gasteiger partial charge in [0, 0.05) is 31.3 Å². The van der Waals surface area contributed by atoms with Crippen LogP contribution < -0.4 is 0 Å². The fourth-order valence-electron chi connectivity index (χ4n) is 1.38. The minimum atomic E-state index is -0.836. The van der Waals surface area contributed by atoms with E-state index < -0.39 is 5.97 Å². The van der Waals surface area contributed by atoms with Crippen LogP contribution in [-0.2, 0) is 17.9 Å². The Kier molecular flexibility index (Phi) is 3.81. The Bertz CT molecular complexity index is 480. The van der Waals surface area contributed by atoms with Crippen LogP contribution in [0, 0.1) is 0 Å². The molecule has 0 saturated heterocycles. The minimum absolute atomic E-state index is 0.0266. The highest BCUT2D eigenvalue weighted by atomic mass is 32.2. The Morgan fingerprint density at radius 3 is 2.94 bits per heavy atom. The van der Waals surface area contributed by atoms with Crippen molar-refractivity contribution in [1.29, 1.82) is 0 Å². The molecule has 0 radical (unpaired) electrons. The van der Waals surface area contributed by atoms with Crippen LogP contribution in [0.4, 0.5) is 0 Å². The van der Waals surface area contributed by atoms with E-state index in [0.717, 1.165) is 18.2 Å². The topological polar surface area (TPSA) is 72.9 Å². The number of carboxylic acid groups (broad SMARTS) is 1. The summed E-state index contributed by atoms with van der Waals surface area (Å²) in [5, 5.41) is 13.4. The molecule has 7 heteroatoms. The molecule has 2 rings (SSSR count). The molecule has 0 aliphatic rings. The largest absolute Gasteiger partial charge is 0.481 e. The first-order valence-electron chi connectivity index (χ1n) is 5.09. The predicted molar refractivity (Wildman–Crippen MR) is 62.8 cm³/mol. The van der Waals surface area contributed by atoms with Gasteiger partial charge in [-0.25, -0.2) is 4.98 Å². The second kappa shape index (κ2) is 5.53. The minimum Gasteiger partial charge on any atom is -0.481 e. The van der Waals surface area contributed by atoms with E-state index in [9.17, 15) is 4.79 Å². The summed E-state index contributed by atoms with van der Waals surface area (Å²) in [6, 6.07) is 1.87. The molecule has 0 atom stereocenters. The van der Waals surface area contributed by atoms with Gasteiger partial charge in [0.05, 0.1) is 12.3 Å². The van der Waals surface area contributed by atoms with Crippen molar-refractivity contribution < 1.29 is 9.90 Å². The predicted octanol–water partition coefficient (Wildman–Crippen LogP) is 0.957. The molecule has 0 unspecified atom stereocenters. The molecule has 0 saturated carbocycles.